The molecule has 0 spiro atoms. The predicted molar refractivity (Wildman–Crippen MR) is 54.7 cm³/mol. The SMILES string of the molecule is C=C(C(O)OCC)C(O)C1CCCC1. The molecule has 0 heterocycles. The van der Waals surface area contributed by atoms with Gasteiger partial charge in [0.2, 0.25) is 0 Å². The second kappa shape index (κ2) is 5.49. The molecule has 0 amide bonds. The van der Waals surface area contributed by atoms with Crippen LogP contribution in [-0.4, -0.2) is 29.2 Å². The lowest BCUT2D eigenvalue weighted by atomic mass is 9.95. The minimum Gasteiger partial charge on any atom is -0.388 e. The summed E-state index contributed by atoms with van der Waals surface area (Å²) >= 11 is 0. The zero-order valence-corrected chi connectivity index (χ0v) is 8.78. The van der Waals surface area contributed by atoms with Crippen LogP contribution in [0.5, 0.6) is 0 Å². The molecule has 1 aliphatic carbocycles. The van der Waals surface area contributed by atoms with Crippen molar-refractivity contribution in [2.45, 2.75) is 45.0 Å². The van der Waals surface area contributed by atoms with E-state index in [4.69, 9.17) is 4.74 Å². The number of hydrogen-bond acceptors (Lipinski definition) is 3. The van der Waals surface area contributed by atoms with Crippen molar-refractivity contribution in [1.29, 1.82) is 0 Å². The summed E-state index contributed by atoms with van der Waals surface area (Å²) in [6, 6.07) is 0. The number of hydrogen-bond donors (Lipinski definition) is 2. The fourth-order valence-corrected chi connectivity index (χ4v) is 1.99. The Morgan fingerprint density at radius 3 is 2.50 bits per heavy atom. The Hall–Kier alpha value is -0.380. The van der Waals surface area contributed by atoms with Crippen LogP contribution in [0.15, 0.2) is 12.2 Å². The largest absolute Gasteiger partial charge is 0.388 e. The normalized spacial score (nSPS) is 22.2. The minimum absolute atomic E-state index is 0.262. The van der Waals surface area contributed by atoms with E-state index in [1.54, 1.807) is 6.92 Å². The third-order valence-corrected chi connectivity index (χ3v) is 2.87. The van der Waals surface area contributed by atoms with E-state index >= 15 is 0 Å². The Morgan fingerprint density at radius 2 is 2.00 bits per heavy atom. The highest BCUT2D eigenvalue weighted by Gasteiger charge is 2.28. The van der Waals surface area contributed by atoms with Crippen LogP contribution in [0, 0.1) is 5.92 Å². The van der Waals surface area contributed by atoms with Gasteiger partial charge in [-0.3, -0.25) is 0 Å². The standard InChI is InChI=1S/C11H20O3/c1-3-14-11(13)8(2)10(12)9-6-4-5-7-9/h9-13H,2-7H2,1H3. The molecule has 82 valence electrons. The van der Waals surface area contributed by atoms with Gasteiger partial charge in [0.25, 0.3) is 0 Å². The van der Waals surface area contributed by atoms with Gasteiger partial charge in [0, 0.05) is 12.2 Å². The molecule has 1 rings (SSSR count). The molecule has 0 bridgehead atoms. The first-order valence-corrected chi connectivity index (χ1v) is 5.33. The highest BCUT2D eigenvalue weighted by atomic mass is 16.6. The highest BCUT2D eigenvalue weighted by Crippen LogP contribution is 2.31. The van der Waals surface area contributed by atoms with Crippen molar-refractivity contribution in [1.82, 2.24) is 0 Å². The van der Waals surface area contributed by atoms with Crippen LogP contribution in [0.4, 0.5) is 0 Å². The maximum atomic E-state index is 9.87. The fraction of sp³-hybridized carbons (Fsp3) is 0.818. The molecule has 2 atom stereocenters. The summed E-state index contributed by atoms with van der Waals surface area (Å²) in [6.07, 6.45) is 2.76. The van der Waals surface area contributed by atoms with Gasteiger partial charge in [-0.05, 0) is 25.7 Å². The van der Waals surface area contributed by atoms with E-state index in [1.807, 2.05) is 0 Å². The third kappa shape index (κ3) is 2.80. The molecule has 14 heavy (non-hydrogen) atoms. The summed E-state index contributed by atoms with van der Waals surface area (Å²) < 4.78 is 4.98. The summed E-state index contributed by atoms with van der Waals surface area (Å²) in [4.78, 5) is 0. The van der Waals surface area contributed by atoms with Gasteiger partial charge in [-0.15, -0.1) is 0 Å². The molecule has 3 nitrogen and oxygen atoms in total. The van der Waals surface area contributed by atoms with Crippen molar-refractivity contribution < 1.29 is 14.9 Å². The molecular weight excluding hydrogens is 180 g/mol. The minimum atomic E-state index is -1.02. The molecule has 0 aliphatic heterocycles. The van der Waals surface area contributed by atoms with Gasteiger partial charge in [0.1, 0.15) is 0 Å². The van der Waals surface area contributed by atoms with Crippen LogP contribution in [0.3, 0.4) is 0 Å². The lowest BCUT2D eigenvalue weighted by Crippen LogP contribution is -2.28. The highest BCUT2D eigenvalue weighted by molar-refractivity contribution is 5.07. The van der Waals surface area contributed by atoms with Crippen LogP contribution in [-0.2, 0) is 4.74 Å². The Balaban J connectivity index is 2.42. The molecule has 0 aromatic rings. The molecule has 2 N–H and O–H groups in total. The lowest BCUT2D eigenvalue weighted by molar-refractivity contribution is -0.0812. The van der Waals surface area contributed by atoms with E-state index in [0.717, 1.165) is 12.8 Å². The smallest absolute Gasteiger partial charge is 0.179 e. The maximum Gasteiger partial charge on any atom is 0.179 e. The monoisotopic (exact) mass is 200 g/mol. The molecule has 0 radical (unpaired) electrons. The summed E-state index contributed by atoms with van der Waals surface area (Å²) in [5, 5.41) is 19.3. The molecule has 0 saturated heterocycles. The van der Waals surface area contributed by atoms with Gasteiger partial charge < -0.3 is 14.9 Å². The number of aliphatic hydroxyl groups is 2. The van der Waals surface area contributed by atoms with Gasteiger partial charge in [-0.1, -0.05) is 19.4 Å². The Labute approximate surface area is 85.4 Å². The zero-order chi connectivity index (χ0) is 10.6. The van der Waals surface area contributed by atoms with E-state index in [-0.39, 0.29) is 5.92 Å². The molecule has 1 saturated carbocycles. The van der Waals surface area contributed by atoms with E-state index < -0.39 is 12.4 Å². The molecule has 1 aliphatic rings. The van der Waals surface area contributed by atoms with E-state index in [9.17, 15) is 10.2 Å². The van der Waals surface area contributed by atoms with Crippen molar-refractivity contribution in [2.75, 3.05) is 6.61 Å². The first-order chi connectivity index (χ1) is 6.66. The molecule has 1 fully saturated rings. The summed E-state index contributed by atoms with van der Waals surface area (Å²) in [5.74, 6) is 0.262. The van der Waals surface area contributed by atoms with E-state index in [1.165, 1.54) is 12.8 Å². The van der Waals surface area contributed by atoms with E-state index in [2.05, 4.69) is 6.58 Å². The maximum absolute atomic E-state index is 9.87. The first kappa shape index (κ1) is 11.7. The third-order valence-electron chi connectivity index (χ3n) is 2.87. The quantitative estimate of drug-likeness (QED) is 0.521. The summed E-state index contributed by atoms with van der Waals surface area (Å²) in [5.41, 5.74) is 0.402. The van der Waals surface area contributed by atoms with Crippen LogP contribution in [0.25, 0.3) is 0 Å². The second-order valence-electron chi connectivity index (χ2n) is 3.87. The number of rotatable bonds is 5. The molecule has 0 aromatic carbocycles. The van der Waals surface area contributed by atoms with E-state index in [0.29, 0.717) is 12.2 Å². The Morgan fingerprint density at radius 1 is 1.43 bits per heavy atom. The van der Waals surface area contributed by atoms with Crippen LogP contribution in [0.2, 0.25) is 0 Å². The Bertz CT molecular complexity index is 185. The van der Waals surface area contributed by atoms with Crippen molar-refractivity contribution in [3.63, 3.8) is 0 Å². The average molecular weight is 200 g/mol. The average Bonchev–Trinajstić information content (AvgIpc) is 2.68. The molecular formula is C11H20O3. The topological polar surface area (TPSA) is 49.7 Å². The zero-order valence-electron chi connectivity index (χ0n) is 8.78. The Kier molecular flexibility index (Phi) is 4.58. The fourth-order valence-electron chi connectivity index (χ4n) is 1.99. The van der Waals surface area contributed by atoms with Crippen LogP contribution < -0.4 is 0 Å². The first-order valence-electron chi connectivity index (χ1n) is 5.33. The van der Waals surface area contributed by atoms with Gasteiger partial charge >= 0.3 is 0 Å². The van der Waals surface area contributed by atoms with Gasteiger partial charge in [0.05, 0.1) is 6.10 Å². The van der Waals surface area contributed by atoms with Crippen molar-refractivity contribution in [3.05, 3.63) is 12.2 Å². The number of aliphatic hydroxyl groups excluding tert-OH is 2. The van der Waals surface area contributed by atoms with Gasteiger partial charge in [-0.2, -0.15) is 0 Å². The molecule has 2 unspecified atom stereocenters. The van der Waals surface area contributed by atoms with Crippen molar-refractivity contribution in [3.8, 4) is 0 Å². The van der Waals surface area contributed by atoms with Crippen LogP contribution >= 0.6 is 0 Å². The molecule has 0 aromatic heterocycles. The van der Waals surface area contributed by atoms with Crippen molar-refractivity contribution >= 4 is 0 Å². The lowest BCUT2D eigenvalue weighted by Gasteiger charge is -2.23. The predicted octanol–water partition coefficient (Wildman–Crippen LogP) is 1.45. The van der Waals surface area contributed by atoms with Crippen LogP contribution in [0.1, 0.15) is 32.6 Å². The van der Waals surface area contributed by atoms with Crippen molar-refractivity contribution in [2.24, 2.45) is 5.92 Å². The van der Waals surface area contributed by atoms with Gasteiger partial charge in [-0.25, -0.2) is 0 Å². The number of ether oxygens (including phenoxy) is 1. The summed E-state index contributed by atoms with van der Waals surface area (Å²) in [6.45, 7) is 5.92. The molecule has 3 heteroatoms. The van der Waals surface area contributed by atoms with Gasteiger partial charge in [0.15, 0.2) is 6.29 Å². The summed E-state index contributed by atoms with van der Waals surface area (Å²) in [7, 11) is 0. The second-order valence-corrected chi connectivity index (χ2v) is 3.87.